The lowest BCUT2D eigenvalue weighted by molar-refractivity contribution is -0.173. The van der Waals surface area contributed by atoms with Crippen molar-refractivity contribution in [3.63, 3.8) is 0 Å². The number of hydrogen-bond acceptors (Lipinski definition) is 4. The van der Waals surface area contributed by atoms with E-state index >= 15 is 0 Å². The van der Waals surface area contributed by atoms with Gasteiger partial charge in [0, 0.05) is 11.6 Å². The summed E-state index contributed by atoms with van der Waals surface area (Å²) in [7, 11) is -3.67. The van der Waals surface area contributed by atoms with Crippen LogP contribution in [-0.4, -0.2) is 33.6 Å². The Labute approximate surface area is 119 Å². The molecule has 0 radical (unpaired) electrons. The van der Waals surface area contributed by atoms with Gasteiger partial charge >= 0.3 is 6.18 Å². The molecule has 0 saturated heterocycles. The van der Waals surface area contributed by atoms with Gasteiger partial charge in [-0.25, -0.2) is 8.42 Å². The molecule has 0 fully saturated rings. The molecule has 0 spiro atoms. The van der Waals surface area contributed by atoms with E-state index in [0.717, 1.165) is 0 Å². The van der Waals surface area contributed by atoms with Crippen molar-refractivity contribution < 1.29 is 26.3 Å². The molecule has 0 aromatic heterocycles. The minimum Gasteiger partial charge on any atom is -0.398 e. The third-order valence-corrected chi connectivity index (χ3v) is 4.38. The van der Waals surface area contributed by atoms with Crippen LogP contribution in [0.1, 0.15) is 6.42 Å². The number of halogens is 4. The Kier molecular flexibility index (Phi) is 5.67. The first kappa shape index (κ1) is 17.1. The summed E-state index contributed by atoms with van der Waals surface area (Å²) in [6.45, 7) is -1.69. The summed E-state index contributed by atoms with van der Waals surface area (Å²) in [5.74, 6) is -0.351. The predicted octanol–water partition coefficient (Wildman–Crippen LogP) is 2.66. The molecule has 0 heterocycles. The minimum absolute atomic E-state index is 0.00806. The van der Waals surface area contributed by atoms with E-state index in [2.05, 4.69) is 4.74 Å². The van der Waals surface area contributed by atoms with Gasteiger partial charge in [-0.1, -0.05) is 11.6 Å². The third-order valence-electron chi connectivity index (χ3n) is 2.27. The van der Waals surface area contributed by atoms with Crippen LogP contribution in [0.5, 0.6) is 0 Å². The Morgan fingerprint density at radius 2 is 1.95 bits per heavy atom. The second kappa shape index (κ2) is 6.64. The summed E-state index contributed by atoms with van der Waals surface area (Å²) < 4.78 is 63.6. The number of nitrogens with two attached hydrogens (primary N) is 1. The average molecular weight is 332 g/mol. The highest BCUT2D eigenvalue weighted by molar-refractivity contribution is 7.91. The molecule has 20 heavy (non-hydrogen) atoms. The third kappa shape index (κ3) is 5.56. The minimum atomic E-state index is -4.42. The van der Waals surface area contributed by atoms with E-state index in [-0.39, 0.29) is 29.4 Å². The van der Waals surface area contributed by atoms with Gasteiger partial charge in [0.05, 0.1) is 16.3 Å². The highest BCUT2D eigenvalue weighted by Crippen LogP contribution is 2.24. The summed E-state index contributed by atoms with van der Waals surface area (Å²) in [5.41, 5.74) is 5.56. The van der Waals surface area contributed by atoms with E-state index in [0.29, 0.717) is 5.02 Å². The molecule has 1 rings (SSSR count). The predicted molar refractivity (Wildman–Crippen MR) is 69.4 cm³/mol. The lowest BCUT2D eigenvalue weighted by Gasteiger charge is -2.09. The van der Waals surface area contributed by atoms with Crippen LogP contribution in [-0.2, 0) is 14.6 Å². The fraction of sp³-hybridized carbons (Fsp3) is 0.455. The molecule has 0 aliphatic carbocycles. The number of anilines is 1. The number of benzene rings is 1. The first-order valence-corrected chi connectivity index (χ1v) is 7.57. The summed E-state index contributed by atoms with van der Waals surface area (Å²) in [5, 5.41) is 0.301. The lowest BCUT2D eigenvalue weighted by atomic mass is 10.3. The van der Waals surface area contributed by atoms with E-state index in [1.165, 1.54) is 18.2 Å². The van der Waals surface area contributed by atoms with Gasteiger partial charge < -0.3 is 10.5 Å². The number of hydrogen-bond donors (Lipinski definition) is 1. The van der Waals surface area contributed by atoms with Crippen molar-refractivity contribution in [3.05, 3.63) is 23.2 Å². The number of alkyl halides is 3. The van der Waals surface area contributed by atoms with Gasteiger partial charge in [-0.3, -0.25) is 0 Å². The standard InChI is InChI=1S/C11H13ClF3NO3S/c12-8-2-3-10(9(16)6-8)20(17,18)5-1-4-19-7-11(13,14)15/h2-3,6H,1,4-5,7,16H2. The van der Waals surface area contributed by atoms with E-state index in [9.17, 15) is 21.6 Å². The SMILES string of the molecule is Nc1cc(Cl)ccc1S(=O)(=O)CCCOCC(F)(F)F. The van der Waals surface area contributed by atoms with Crippen LogP contribution in [0, 0.1) is 0 Å². The molecule has 0 amide bonds. The van der Waals surface area contributed by atoms with Crippen LogP contribution in [0.3, 0.4) is 0 Å². The van der Waals surface area contributed by atoms with Crippen LogP contribution >= 0.6 is 11.6 Å². The molecule has 4 nitrogen and oxygen atoms in total. The molecular formula is C11H13ClF3NO3S. The van der Waals surface area contributed by atoms with Crippen LogP contribution in [0.25, 0.3) is 0 Å². The molecule has 0 aliphatic rings. The van der Waals surface area contributed by atoms with Crippen molar-refractivity contribution in [3.8, 4) is 0 Å². The quantitative estimate of drug-likeness (QED) is 0.642. The Bertz CT molecular complexity index is 561. The highest BCUT2D eigenvalue weighted by Gasteiger charge is 2.27. The molecule has 0 unspecified atom stereocenters. The summed E-state index contributed by atoms with van der Waals surface area (Å²) in [6, 6.07) is 3.95. The Hall–Kier alpha value is -0.990. The van der Waals surface area contributed by atoms with Gasteiger partial charge in [-0.15, -0.1) is 0 Å². The number of nitrogen functional groups attached to an aromatic ring is 1. The second-order valence-corrected chi connectivity index (χ2v) is 6.54. The molecule has 0 saturated carbocycles. The molecular weight excluding hydrogens is 319 g/mol. The van der Waals surface area contributed by atoms with Crippen molar-refractivity contribution in [1.82, 2.24) is 0 Å². The zero-order valence-electron chi connectivity index (χ0n) is 10.3. The fourth-order valence-electron chi connectivity index (χ4n) is 1.45. The van der Waals surface area contributed by atoms with Crippen LogP contribution < -0.4 is 5.73 Å². The summed E-state index contributed by atoms with van der Waals surface area (Å²) in [4.78, 5) is -0.0854. The van der Waals surface area contributed by atoms with Crippen molar-refractivity contribution in [2.24, 2.45) is 0 Å². The molecule has 0 aliphatic heterocycles. The van der Waals surface area contributed by atoms with E-state index < -0.39 is 22.6 Å². The normalized spacial score (nSPS) is 12.6. The van der Waals surface area contributed by atoms with Crippen molar-refractivity contribution >= 4 is 27.1 Å². The maximum absolute atomic E-state index is 11.9. The smallest absolute Gasteiger partial charge is 0.398 e. The van der Waals surface area contributed by atoms with Crippen molar-refractivity contribution in [2.45, 2.75) is 17.5 Å². The zero-order valence-corrected chi connectivity index (χ0v) is 11.9. The largest absolute Gasteiger partial charge is 0.411 e. The number of rotatable bonds is 6. The van der Waals surface area contributed by atoms with Gasteiger partial charge in [0.2, 0.25) is 0 Å². The van der Waals surface area contributed by atoms with E-state index in [4.69, 9.17) is 17.3 Å². The molecule has 9 heteroatoms. The topological polar surface area (TPSA) is 69.4 Å². The van der Waals surface area contributed by atoms with Gasteiger partial charge in [-0.05, 0) is 24.6 Å². The monoisotopic (exact) mass is 331 g/mol. The van der Waals surface area contributed by atoms with Gasteiger partial charge in [0.25, 0.3) is 0 Å². The van der Waals surface area contributed by atoms with Crippen LogP contribution in [0.15, 0.2) is 23.1 Å². The Morgan fingerprint density at radius 1 is 1.30 bits per heavy atom. The zero-order chi connectivity index (χ0) is 15.4. The number of ether oxygens (including phenoxy) is 1. The lowest BCUT2D eigenvalue weighted by Crippen LogP contribution is -2.18. The van der Waals surface area contributed by atoms with Crippen LogP contribution in [0.2, 0.25) is 5.02 Å². The van der Waals surface area contributed by atoms with E-state index in [1.807, 2.05) is 0 Å². The van der Waals surface area contributed by atoms with Gasteiger partial charge in [0.1, 0.15) is 6.61 Å². The Balaban J connectivity index is 2.54. The van der Waals surface area contributed by atoms with Crippen LogP contribution in [0.4, 0.5) is 18.9 Å². The number of sulfone groups is 1. The maximum atomic E-state index is 11.9. The highest BCUT2D eigenvalue weighted by atomic mass is 35.5. The van der Waals surface area contributed by atoms with Crippen molar-refractivity contribution in [1.29, 1.82) is 0 Å². The molecule has 2 N–H and O–H groups in total. The molecule has 1 aromatic rings. The second-order valence-electron chi connectivity index (χ2n) is 4.02. The molecule has 1 aromatic carbocycles. The molecule has 114 valence electrons. The summed E-state index contributed by atoms with van der Waals surface area (Å²) >= 11 is 5.65. The van der Waals surface area contributed by atoms with Crippen molar-refractivity contribution in [2.75, 3.05) is 24.7 Å². The Morgan fingerprint density at radius 3 is 2.50 bits per heavy atom. The maximum Gasteiger partial charge on any atom is 0.411 e. The van der Waals surface area contributed by atoms with E-state index in [1.54, 1.807) is 0 Å². The van der Waals surface area contributed by atoms with Gasteiger partial charge in [0.15, 0.2) is 9.84 Å². The van der Waals surface area contributed by atoms with Gasteiger partial charge in [-0.2, -0.15) is 13.2 Å². The summed E-state index contributed by atoms with van der Waals surface area (Å²) in [6.07, 6.45) is -4.47. The average Bonchev–Trinajstić information content (AvgIpc) is 2.26. The first-order valence-electron chi connectivity index (χ1n) is 5.54. The fourth-order valence-corrected chi connectivity index (χ4v) is 3.04. The first-order chi connectivity index (χ1) is 9.12. The molecule has 0 bridgehead atoms. The molecule has 0 atom stereocenters.